The van der Waals surface area contributed by atoms with E-state index in [-0.39, 0.29) is 31.5 Å². The van der Waals surface area contributed by atoms with Crippen molar-refractivity contribution in [2.75, 3.05) is 6.61 Å². The molecule has 0 aliphatic rings. The number of benzene rings is 1. The molecular formula is C17H22N2O5. The Labute approximate surface area is 139 Å². The molecule has 2 rings (SSSR count). The van der Waals surface area contributed by atoms with Gasteiger partial charge in [0.1, 0.15) is 0 Å². The summed E-state index contributed by atoms with van der Waals surface area (Å²) in [7, 11) is 0. The molecule has 1 N–H and O–H groups in total. The Bertz CT molecular complexity index is 775. The summed E-state index contributed by atoms with van der Waals surface area (Å²) in [6.45, 7) is 5.68. The van der Waals surface area contributed by atoms with Gasteiger partial charge in [0.25, 0.3) is 5.91 Å². The Morgan fingerprint density at radius 3 is 2.67 bits per heavy atom. The van der Waals surface area contributed by atoms with E-state index >= 15 is 0 Å². The van der Waals surface area contributed by atoms with Crippen molar-refractivity contribution in [3.63, 3.8) is 0 Å². The number of carbonyl (C=O) groups is 2. The van der Waals surface area contributed by atoms with Crippen LogP contribution in [-0.4, -0.2) is 29.1 Å². The highest BCUT2D eigenvalue weighted by Gasteiger charge is 2.14. The molecule has 24 heavy (non-hydrogen) atoms. The fourth-order valence-corrected chi connectivity index (χ4v) is 2.11. The lowest BCUT2D eigenvalue weighted by Crippen LogP contribution is -2.38. The van der Waals surface area contributed by atoms with Gasteiger partial charge in [-0.05, 0) is 25.0 Å². The van der Waals surface area contributed by atoms with Crippen LogP contribution in [0.5, 0.6) is 0 Å². The second kappa shape index (κ2) is 7.81. The number of fused-ring (bicyclic) bond motifs is 1. The van der Waals surface area contributed by atoms with Crippen LogP contribution in [0.3, 0.4) is 0 Å². The van der Waals surface area contributed by atoms with Crippen molar-refractivity contribution in [2.24, 2.45) is 5.92 Å². The number of hydrogen-bond donors (Lipinski definition) is 1. The van der Waals surface area contributed by atoms with Crippen LogP contribution in [0.1, 0.15) is 27.2 Å². The standard InChI is InChI=1S/C17H22N2O5/c1-11(2)12(3)18-15(20)10-23-16(21)8-9-19-13-6-4-5-7-14(13)24-17(19)22/h4-7,11-12H,8-10H2,1-3H3,(H,18,20)/t12-/m0/s1. The van der Waals surface area contributed by atoms with Gasteiger partial charge in [0, 0.05) is 12.6 Å². The molecule has 0 unspecified atom stereocenters. The number of para-hydroxylation sites is 2. The first-order valence-electron chi connectivity index (χ1n) is 7.92. The van der Waals surface area contributed by atoms with Crippen molar-refractivity contribution in [3.8, 4) is 0 Å². The van der Waals surface area contributed by atoms with E-state index in [2.05, 4.69) is 5.32 Å². The zero-order chi connectivity index (χ0) is 17.7. The smallest absolute Gasteiger partial charge is 0.419 e. The van der Waals surface area contributed by atoms with Crippen molar-refractivity contribution in [2.45, 2.75) is 39.8 Å². The fraction of sp³-hybridized carbons (Fsp3) is 0.471. The third-order valence-electron chi connectivity index (χ3n) is 3.87. The zero-order valence-electron chi connectivity index (χ0n) is 14.1. The number of aryl methyl sites for hydroxylation is 1. The Balaban J connectivity index is 1.84. The topological polar surface area (TPSA) is 90.5 Å². The summed E-state index contributed by atoms with van der Waals surface area (Å²) in [5, 5.41) is 2.75. The fourth-order valence-electron chi connectivity index (χ4n) is 2.11. The molecule has 7 nitrogen and oxygen atoms in total. The van der Waals surface area contributed by atoms with E-state index in [1.165, 1.54) is 4.57 Å². The average Bonchev–Trinajstić information content (AvgIpc) is 2.86. The normalized spacial score (nSPS) is 12.3. The van der Waals surface area contributed by atoms with Crippen LogP contribution in [0.25, 0.3) is 11.1 Å². The number of rotatable bonds is 7. The summed E-state index contributed by atoms with van der Waals surface area (Å²) in [4.78, 5) is 35.2. The predicted octanol–water partition coefficient (Wildman–Crippen LogP) is 1.69. The van der Waals surface area contributed by atoms with Crippen LogP contribution in [0.2, 0.25) is 0 Å². The molecular weight excluding hydrogens is 312 g/mol. The second-order valence-electron chi connectivity index (χ2n) is 6.00. The lowest BCUT2D eigenvalue weighted by atomic mass is 10.1. The largest absolute Gasteiger partial charge is 0.456 e. The van der Waals surface area contributed by atoms with Gasteiger partial charge in [-0.1, -0.05) is 26.0 Å². The van der Waals surface area contributed by atoms with E-state index in [1.807, 2.05) is 20.8 Å². The molecule has 0 fully saturated rings. The third kappa shape index (κ3) is 4.47. The maximum absolute atomic E-state index is 11.8. The first kappa shape index (κ1) is 17.8. The van der Waals surface area contributed by atoms with Gasteiger partial charge in [-0.15, -0.1) is 0 Å². The summed E-state index contributed by atoms with van der Waals surface area (Å²) in [6.07, 6.45) is -0.0174. The molecule has 1 heterocycles. The number of hydrogen-bond acceptors (Lipinski definition) is 5. The molecule has 0 bridgehead atoms. The highest BCUT2D eigenvalue weighted by atomic mass is 16.5. The SMILES string of the molecule is CC(C)[C@H](C)NC(=O)COC(=O)CCn1c(=O)oc2ccccc21. The minimum Gasteiger partial charge on any atom is -0.456 e. The number of aromatic nitrogens is 1. The van der Waals surface area contributed by atoms with E-state index in [0.29, 0.717) is 17.0 Å². The van der Waals surface area contributed by atoms with Crippen molar-refractivity contribution in [1.29, 1.82) is 0 Å². The molecule has 1 aromatic heterocycles. The Morgan fingerprint density at radius 1 is 1.25 bits per heavy atom. The number of carbonyl (C=O) groups excluding carboxylic acids is 2. The minimum absolute atomic E-state index is 0.00655. The van der Waals surface area contributed by atoms with E-state index in [9.17, 15) is 14.4 Å². The van der Waals surface area contributed by atoms with E-state index in [0.717, 1.165) is 0 Å². The molecule has 1 atom stereocenters. The molecule has 130 valence electrons. The Kier molecular flexibility index (Phi) is 5.78. The maximum atomic E-state index is 11.8. The molecule has 0 radical (unpaired) electrons. The van der Waals surface area contributed by atoms with Crippen LogP contribution in [-0.2, 0) is 20.9 Å². The van der Waals surface area contributed by atoms with Crippen molar-refractivity contribution < 1.29 is 18.7 Å². The second-order valence-corrected chi connectivity index (χ2v) is 6.00. The monoisotopic (exact) mass is 334 g/mol. The summed E-state index contributed by atoms with van der Waals surface area (Å²) >= 11 is 0. The molecule has 0 saturated heterocycles. The molecule has 0 spiro atoms. The Morgan fingerprint density at radius 2 is 1.96 bits per heavy atom. The first-order valence-corrected chi connectivity index (χ1v) is 7.92. The molecule has 1 amide bonds. The Hall–Kier alpha value is -2.57. The maximum Gasteiger partial charge on any atom is 0.419 e. The lowest BCUT2D eigenvalue weighted by molar-refractivity contribution is -0.149. The number of esters is 1. The first-order chi connectivity index (χ1) is 11.4. The van der Waals surface area contributed by atoms with E-state index in [1.54, 1.807) is 24.3 Å². The van der Waals surface area contributed by atoms with Crippen LogP contribution in [0.15, 0.2) is 33.5 Å². The number of oxazole rings is 1. The number of nitrogens with one attached hydrogen (secondary N) is 1. The summed E-state index contributed by atoms with van der Waals surface area (Å²) in [5.74, 6) is -1.10. The van der Waals surface area contributed by atoms with Crippen molar-refractivity contribution >= 4 is 23.0 Å². The van der Waals surface area contributed by atoms with Crippen LogP contribution in [0, 0.1) is 5.92 Å². The van der Waals surface area contributed by atoms with Gasteiger partial charge in [0.05, 0.1) is 11.9 Å². The van der Waals surface area contributed by atoms with Crippen molar-refractivity contribution in [1.82, 2.24) is 9.88 Å². The quantitative estimate of drug-likeness (QED) is 0.778. The predicted molar refractivity (Wildman–Crippen MR) is 88.5 cm³/mol. The van der Waals surface area contributed by atoms with Gasteiger partial charge in [-0.3, -0.25) is 14.2 Å². The molecule has 1 aromatic carbocycles. The minimum atomic E-state index is -0.542. The molecule has 0 saturated carbocycles. The van der Waals surface area contributed by atoms with E-state index in [4.69, 9.17) is 9.15 Å². The molecule has 0 aliphatic heterocycles. The van der Waals surface area contributed by atoms with E-state index < -0.39 is 11.7 Å². The summed E-state index contributed by atoms with van der Waals surface area (Å²) < 4.78 is 11.4. The van der Waals surface area contributed by atoms with Gasteiger partial charge in [-0.2, -0.15) is 0 Å². The van der Waals surface area contributed by atoms with Gasteiger partial charge >= 0.3 is 11.7 Å². The molecule has 7 heteroatoms. The number of ether oxygens (including phenoxy) is 1. The highest BCUT2D eigenvalue weighted by molar-refractivity contribution is 5.80. The van der Waals surface area contributed by atoms with Crippen LogP contribution in [0.4, 0.5) is 0 Å². The van der Waals surface area contributed by atoms with Gasteiger partial charge in [-0.25, -0.2) is 4.79 Å². The third-order valence-corrected chi connectivity index (χ3v) is 3.87. The number of nitrogens with zero attached hydrogens (tertiary/aromatic N) is 1. The molecule has 0 aliphatic carbocycles. The van der Waals surface area contributed by atoms with Gasteiger partial charge in [0.15, 0.2) is 12.2 Å². The average molecular weight is 334 g/mol. The summed E-state index contributed by atoms with van der Waals surface area (Å²) in [6, 6.07) is 6.98. The lowest BCUT2D eigenvalue weighted by Gasteiger charge is -2.17. The van der Waals surface area contributed by atoms with Crippen LogP contribution < -0.4 is 11.1 Å². The molecule has 2 aromatic rings. The summed E-state index contributed by atoms with van der Waals surface area (Å²) in [5.41, 5.74) is 1.09. The zero-order valence-corrected chi connectivity index (χ0v) is 14.1. The number of amides is 1. The highest BCUT2D eigenvalue weighted by Crippen LogP contribution is 2.12. The van der Waals surface area contributed by atoms with Gasteiger partial charge < -0.3 is 14.5 Å². The van der Waals surface area contributed by atoms with Crippen LogP contribution >= 0.6 is 0 Å². The van der Waals surface area contributed by atoms with Gasteiger partial charge in [0.2, 0.25) is 0 Å². The van der Waals surface area contributed by atoms with Crippen molar-refractivity contribution in [3.05, 3.63) is 34.8 Å².